The van der Waals surface area contributed by atoms with Crippen LogP contribution in [-0.4, -0.2) is 16.1 Å². The fourth-order valence-corrected chi connectivity index (χ4v) is 4.13. The van der Waals surface area contributed by atoms with E-state index in [1.165, 1.54) is 43.1 Å². The first-order chi connectivity index (χ1) is 13.5. The van der Waals surface area contributed by atoms with Crippen LogP contribution in [0.25, 0.3) is 0 Å². The van der Waals surface area contributed by atoms with Gasteiger partial charge in [0.1, 0.15) is 5.75 Å². The molecule has 28 heavy (non-hydrogen) atoms. The van der Waals surface area contributed by atoms with E-state index in [4.69, 9.17) is 9.94 Å². The first-order valence-corrected chi connectivity index (χ1v) is 9.89. The lowest BCUT2D eigenvalue weighted by molar-refractivity contribution is 0.0705. The van der Waals surface area contributed by atoms with Crippen molar-refractivity contribution in [3.63, 3.8) is 0 Å². The Balaban J connectivity index is 1.70. The molecule has 3 atom stereocenters. The molecule has 3 unspecified atom stereocenters. The summed E-state index contributed by atoms with van der Waals surface area (Å²) in [7, 11) is 0. The van der Waals surface area contributed by atoms with E-state index in [9.17, 15) is 9.18 Å². The summed E-state index contributed by atoms with van der Waals surface area (Å²) < 4.78 is 19.6. The molecule has 6 heteroatoms. The Morgan fingerprint density at radius 2 is 2.07 bits per heavy atom. The van der Waals surface area contributed by atoms with Gasteiger partial charge in [-0.05, 0) is 54.4 Å². The fourth-order valence-electron chi connectivity index (χ4n) is 4.13. The van der Waals surface area contributed by atoms with Crippen molar-refractivity contribution in [3.8, 4) is 11.6 Å². The standard InChI is InChI=1S/C22H27FN2O3/c1-3-4-15-6-5-14(2)19(11-15)16-7-9-18(10-8-16)28-22-20(23)12-17(13-24-22)21(26)25-27/h7-10,12-15,19,27H,3-6,11H2,1-2H3,(H,25,26). The number of hydrogen-bond acceptors (Lipinski definition) is 4. The van der Waals surface area contributed by atoms with E-state index in [1.807, 2.05) is 12.1 Å². The minimum absolute atomic E-state index is 0.0874. The Morgan fingerprint density at radius 3 is 2.71 bits per heavy atom. The molecule has 0 spiro atoms. The largest absolute Gasteiger partial charge is 0.436 e. The number of benzene rings is 1. The molecule has 3 rings (SSSR count). The number of pyridine rings is 1. The van der Waals surface area contributed by atoms with Crippen molar-refractivity contribution in [3.05, 3.63) is 53.5 Å². The Kier molecular flexibility index (Phi) is 6.62. The maximum absolute atomic E-state index is 14.1. The summed E-state index contributed by atoms with van der Waals surface area (Å²) in [5, 5.41) is 8.60. The van der Waals surface area contributed by atoms with Crippen molar-refractivity contribution >= 4 is 5.91 Å². The highest BCUT2D eigenvalue weighted by Gasteiger charge is 2.28. The zero-order valence-corrected chi connectivity index (χ0v) is 16.3. The van der Waals surface area contributed by atoms with Crippen molar-refractivity contribution in [2.75, 3.05) is 0 Å². The molecule has 0 aliphatic heterocycles. The number of carbonyl (C=O) groups excluding carboxylic acids is 1. The van der Waals surface area contributed by atoms with Crippen LogP contribution in [0.5, 0.6) is 11.6 Å². The average Bonchev–Trinajstić information content (AvgIpc) is 2.71. The molecule has 1 aliphatic rings. The SMILES string of the molecule is CCCC1CCC(C)C(c2ccc(Oc3ncc(C(=O)NO)cc3F)cc2)C1. The molecule has 1 aromatic heterocycles. The third kappa shape index (κ3) is 4.68. The first kappa shape index (κ1) is 20.3. The third-order valence-corrected chi connectivity index (χ3v) is 5.70. The highest BCUT2D eigenvalue weighted by atomic mass is 19.1. The second-order valence-electron chi connectivity index (χ2n) is 7.67. The molecule has 150 valence electrons. The number of nitrogens with one attached hydrogen (secondary N) is 1. The molecule has 1 amide bonds. The molecular weight excluding hydrogens is 359 g/mol. The molecular formula is C22H27FN2O3. The smallest absolute Gasteiger partial charge is 0.276 e. The van der Waals surface area contributed by atoms with Crippen LogP contribution in [0.4, 0.5) is 4.39 Å². The fraction of sp³-hybridized carbons (Fsp3) is 0.455. The number of hydroxylamine groups is 1. The number of carbonyl (C=O) groups is 1. The molecule has 1 aromatic carbocycles. The second kappa shape index (κ2) is 9.15. The van der Waals surface area contributed by atoms with E-state index >= 15 is 0 Å². The highest BCUT2D eigenvalue weighted by molar-refractivity contribution is 5.93. The summed E-state index contributed by atoms with van der Waals surface area (Å²) >= 11 is 0. The summed E-state index contributed by atoms with van der Waals surface area (Å²) in [5.74, 6) is 0.683. The van der Waals surface area contributed by atoms with Gasteiger partial charge in [-0.2, -0.15) is 0 Å². The number of rotatable bonds is 6. The van der Waals surface area contributed by atoms with Gasteiger partial charge in [-0.25, -0.2) is 14.9 Å². The van der Waals surface area contributed by atoms with Crippen LogP contribution in [0, 0.1) is 17.7 Å². The van der Waals surface area contributed by atoms with Gasteiger partial charge in [0.2, 0.25) is 0 Å². The normalized spacial score (nSPS) is 21.9. The van der Waals surface area contributed by atoms with Gasteiger partial charge in [-0.15, -0.1) is 0 Å². The molecule has 1 fully saturated rings. The van der Waals surface area contributed by atoms with Crippen LogP contribution < -0.4 is 10.2 Å². The maximum Gasteiger partial charge on any atom is 0.276 e. The van der Waals surface area contributed by atoms with E-state index in [0.29, 0.717) is 17.6 Å². The van der Waals surface area contributed by atoms with Crippen molar-refractivity contribution in [1.29, 1.82) is 0 Å². The van der Waals surface area contributed by atoms with Crippen molar-refractivity contribution < 1.29 is 19.1 Å². The van der Waals surface area contributed by atoms with Gasteiger partial charge in [0, 0.05) is 6.20 Å². The van der Waals surface area contributed by atoms with Gasteiger partial charge >= 0.3 is 0 Å². The molecule has 1 saturated carbocycles. The number of ether oxygens (including phenoxy) is 1. The van der Waals surface area contributed by atoms with Crippen LogP contribution in [0.2, 0.25) is 0 Å². The maximum atomic E-state index is 14.1. The van der Waals surface area contributed by atoms with Crippen molar-refractivity contribution in [1.82, 2.24) is 10.5 Å². The molecule has 0 saturated heterocycles. The van der Waals surface area contributed by atoms with Gasteiger partial charge in [-0.3, -0.25) is 10.0 Å². The number of halogens is 1. The monoisotopic (exact) mass is 386 g/mol. The number of amides is 1. The molecule has 2 N–H and O–H groups in total. The average molecular weight is 386 g/mol. The van der Waals surface area contributed by atoms with E-state index in [1.54, 1.807) is 0 Å². The summed E-state index contributed by atoms with van der Waals surface area (Å²) in [6.07, 6.45) is 7.48. The summed E-state index contributed by atoms with van der Waals surface area (Å²) in [5.41, 5.74) is 2.65. The van der Waals surface area contributed by atoms with Gasteiger partial charge in [0.25, 0.3) is 11.8 Å². The Hall–Kier alpha value is -2.47. The lowest BCUT2D eigenvalue weighted by atomic mass is 9.71. The van der Waals surface area contributed by atoms with Gasteiger partial charge in [0.15, 0.2) is 5.82 Å². The van der Waals surface area contributed by atoms with E-state index < -0.39 is 11.7 Å². The van der Waals surface area contributed by atoms with Gasteiger partial charge in [0.05, 0.1) is 5.56 Å². The number of aromatic nitrogens is 1. The Bertz CT molecular complexity index is 810. The zero-order chi connectivity index (χ0) is 20.1. The predicted molar refractivity (Wildman–Crippen MR) is 104 cm³/mol. The molecule has 0 radical (unpaired) electrons. The lowest BCUT2D eigenvalue weighted by Gasteiger charge is -2.34. The first-order valence-electron chi connectivity index (χ1n) is 9.89. The van der Waals surface area contributed by atoms with Crippen LogP contribution in [0.1, 0.15) is 67.8 Å². The number of hydrogen-bond donors (Lipinski definition) is 2. The van der Waals surface area contributed by atoms with E-state index in [2.05, 4.69) is 31.0 Å². The lowest BCUT2D eigenvalue weighted by Crippen LogP contribution is -2.21. The van der Waals surface area contributed by atoms with E-state index in [0.717, 1.165) is 18.2 Å². The summed E-state index contributed by atoms with van der Waals surface area (Å²) in [4.78, 5) is 15.1. The van der Waals surface area contributed by atoms with Gasteiger partial charge in [-0.1, -0.05) is 45.2 Å². The molecule has 2 aromatic rings. The molecule has 5 nitrogen and oxygen atoms in total. The molecule has 1 aliphatic carbocycles. The summed E-state index contributed by atoms with van der Waals surface area (Å²) in [6, 6.07) is 8.74. The van der Waals surface area contributed by atoms with E-state index in [-0.39, 0.29) is 11.4 Å². The van der Waals surface area contributed by atoms with Crippen LogP contribution in [0.3, 0.4) is 0 Å². The summed E-state index contributed by atoms with van der Waals surface area (Å²) in [6.45, 7) is 4.57. The molecule has 1 heterocycles. The Morgan fingerprint density at radius 1 is 1.32 bits per heavy atom. The quantitative estimate of drug-likeness (QED) is 0.511. The Labute approximate surface area is 164 Å². The topological polar surface area (TPSA) is 71.5 Å². The highest BCUT2D eigenvalue weighted by Crippen LogP contribution is 2.42. The minimum Gasteiger partial charge on any atom is -0.436 e. The zero-order valence-electron chi connectivity index (χ0n) is 16.3. The minimum atomic E-state index is -0.828. The van der Waals surface area contributed by atoms with Crippen LogP contribution >= 0.6 is 0 Å². The van der Waals surface area contributed by atoms with Crippen molar-refractivity contribution in [2.24, 2.45) is 11.8 Å². The second-order valence-corrected chi connectivity index (χ2v) is 7.67. The number of nitrogens with zero attached hydrogens (tertiary/aromatic N) is 1. The third-order valence-electron chi connectivity index (χ3n) is 5.70. The van der Waals surface area contributed by atoms with Crippen LogP contribution in [-0.2, 0) is 0 Å². The van der Waals surface area contributed by atoms with Crippen molar-refractivity contribution in [2.45, 2.75) is 51.9 Å². The van der Waals surface area contributed by atoms with Gasteiger partial charge < -0.3 is 4.74 Å². The predicted octanol–water partition coefficient (Wildman–Crippen LogP) is 5.45. The van der Waals surface area contributed by atoms with Crippen LogP contribution in [0.15, 0.2) is 36.5 Å². The molecule has 0 bridgehead atoms.